The molecule has 2 rings (SSSR count). The molecule has 0 bridgehead atoms. The van der Waals surface area contributed by atoms with Gasteiger partial charge in [-0.2, -0.15) is 0 Å². The molecule has 0 radical (unpaired) electrons. The van der Waals surface area contributed by atoms with Crippen LogP contribution in [0.15, 0.2) is 0 Å². The molecule has 24 heavy (non-hydrogen) atoms. The first-order valence-electron chi connectivity index (χ1n) is 9.19. The van der Waals surface area contributed by atoms with Gasteiger partial charge < -0.3 is 15.0 Å². The van der Waals surface area contributed by atoms with Gasteiger partial charge in [-0.05, 0) is 59.9 Å². The molecular formula is C18H33N3O3. The van der Waals surface area contributed by atoms with E-state index in [1.165, 1.54) is 12.8 Å². The monoisotopic (exact) mass is 339 g/mol. The fraction of sp³-hybridized carbons (Fsp3) is 0.889. The van der Waals surface area contributed by atoms with Crippen molar-refractivity contribution < 1.29 is 14.3 Å². The van der Waals surface area contributed by atoms with Crippen molar-refractivity contribution >= 4 is 12.0 Å². The first-order chi connectivity index (χ1) is 11.2. The summed E-state index contributed by atoms with van der Waals surface area (Å²) in [4.78, 5) is 29.3. The van der Waals surface area contributed by atoms with Crippen LogP contribution in [0, 0.1) is 0 Å². The highest BCUT2D eigenvalue weighted by Crippen LogP contribution is 2.34. The molecule has 2 aliphatic rings. The van der Waals surface area contributed by atoms with Crippen LogP contribution in [0.5, 0.6) is 0 Å². The van der Waals surface area contributed by atoms with E-state index in [-0.39, 0.29) is 12.0 Å². The largest absolute Gasteiger partial charge is 0.444 e. The minimum Gasteiger partial charge on any atom is -0.444 e. The van der Waals surface area contributed by atoms with Crippen LogP contribution in [0.1, 0.15) is 59.8 Å². The maximum Gasteiger partial charge on any atom is 0.411 e. The molecule has 2 fully saturated rings. The second kappa shape index (κ2) is 7.30. The summed E-state index contributed by atoms with van der Waals surface area (Å²) in [7, 11) is 2.10. The summed E-state index contributed by atoms with van der Waals surface area (Å²) in [6, 6.07) is 0.687. The zero-order valence-electron chi connectivity index (χ0n) is 15.9. The van der Waals surface area contributed by atoms with E-state index in [0.717, 1.165) is 13.0 Å². The molecule has 0 aromatic carbocycles. The second-order valence-electron chi connectivity index (χ2n) is 8.09. The zero-order valence-corrected chi connectivity index (χ0v) is 15.9. The fourth-order valence-electron chi connectivity index (χ4n) is 3.43. The summed E-state index contributed by atoms with van der Waals surface area (Å²) in [6.07, 6.45) is 4.28. The van der Waals surface area contributed by atoms with Crippen LogP contribution in [-0.2, 0) is 9.53 Å². The molecule has 0 unspecified atom stereocenters. The number of nitrogens with one attached hydrogen (secondary N) is 1. The van der Waals surface area contributed by atoms with Crippen LogP contribution in [-0.4, -0.2) is 65.7 Å². The van der Waals surface area contributed by atoms with Crippen LogP contribution in [0.3, 0.4) is 0 Å². The summed E-state index contributed by atoms with van der Waals surface area (Å²) in [5.41, 5.74) is -1.32. The van der Waals surface area contributed by atoms with Gasteiger partial charge in [0.2, 0.25) is 5.91 Å². The smallest absolute Gasteiger partial charge is 0.411 e. The lowest BCUT2D eigenvalue weighted by Crippen LogP contribution is -2.58. The lowest BCUT2D eigenvalue weighted by molar-refractivity contribution is -0.132. The minimum absolute atomic E-state index is 0.0439. The molecule has 1 saturated carbocycles. The molecule has 1 heterocycles. The van der Waals surface area contributed by atoms with Gasteiger partial charge >= 0.3 is 6.09 Å². The average Bonchev–Trinajstić information content (AvgIpc) is 3.24. The topological polar surface area (TPSA) is 61.9 Å². The van der Waals surface area contributed by atoms with Gasteiger partial charge in [0.05, 0.1) is 0 Å². The molecule has 6 heteroatoms. The predicted molar refractivity (Wildman–Crippen MR) is 93.9 cm³/mol. The van der Waals surface area contributed by atoms with Crippen LogP contribution in [0.25, 0.3) is 0 Å². The van der Waals surface area contributed by atoms with E-state index >= 15 is 0 Å². The highest BCUT2D eigenvalue weighted by molar-refractivity contribution is 5.90. The number of nitrogens with zero attached hydrogens (tertiary/aromatic N) is 2. The Kier molecular flexibility index (Phi) is 5.78. The van der Waals surface area contributed by atoms with Gasteiger partial charge in [0, 0.05) is 25.7 Å². The van der Waals surface area contributed by atoms with Gasteiger partial charge in [-0.1, -0.05) is 6.92 Å². The Morgan fingerprint density at radius 1 is 1.33 bits per heavy atom. The van der Waals surface area contributed by atoms with Gasteiger partial charge in [-0.3, -0.25) is 9.69 Å². The number of likely N-dealkylation sites (tertiary alicyclic amines) is 1. The third-order valence-corrected chi connectivity index (χ3v) is 5.03. The third kappa shape index (κ3) is 4.41. The summed E-state index contributed by atoms with van der Waals surface area (Å²) >= 11 is 0. The molecule has 1 atom stereocenters. The van der Waals surface area contributed by atoms with Crippen LogP contribution >= 0.6 is 0 Å². The average molecular weight is 339 g/mol. The van der Waals surface area contributed by atoms with E-state index in [1.807, 2.05) is 27.7 Å². The Morgan fingerprint density at radius 2 is 2.00 bits per heavy atom. The van der Waals surface area contributed by atoms with Crippen molar-refractivity contribution in [2.24, 2.45) is 0 Å². The molecule has 1 saturated heterocycles. The molecule has 6 nitrogen and oxygen atoms in total. The van der Waals surface area contributed by atoms with Gasteiger partial charge in [0.25, 0.3) is 0 Å². The summed E-state index contributed by atoms with van der Waals surface area (Å²) in [6.45, 7) is 9.57. The van der Waals surface area contributed by atoms with Gasteiger partial charge in [0.1, 0.15) is 11.1 Å². The highest BCUT2D eigenvalue weighted by Gasteiger charge is 2.49. The van der Waals surface area contributed by atoms with E-state index in [1.54, 1.807) is 4.90 Å². The van der Waals surface area contributed by atoms with Crippen molar-refractivity contribution in [3.05, 3.63) is 0 Å². The van der Waals surface area contributed by atoms with Crippen molar-refractivity contribution in [3.8, 4) is 0 Å². The van der Waals surface area contributed by atoms with E-state index in [2.05, 4.69) is 17.3 Å². The number of rotatable bonds is 6. The molecule has 0 aromatic rings. The Bertz CT molecular complexity index is 471. The molecule has 2 amide bonds. The minimum atomic E-state index is -0.763. The lowest BCUT2D eigenvalue weighted by Gasteiger charge is -2.37. The van der Waals surface area contributed by atoms with Crippen LogP contribution < -0.4 is 5.32 Å². The normalized spacial score (nSPS) is 24.3. The predicted octanol–water partition coefficient (Wildman–Crippen LogP) is 2.38. The summed E-state index contributed by atoms with van der Waals surface area (Å²) < 4.78 is 5.51. The number of hydrogen-bond acceptors (Lipinski definition) is 4. The number of ether oxygens (including phenoxy) is 1. The lowest BCUT2D eigenvalue weighted by atomic mass is 9.92. The maximum atomic E-state index is 12.9. The Balaban J connectivity index is 1.96. The van der Waals surface area contributed by atoms with E-state index < -0.39 is 11.1 Å². The van der Waals surface area contributed by atoms with Crippen molar-refractivity contribution in [3.63, 3.8) is 0 Å². The zero-order chi connectivity index (χ0) is 18.0. The van der Waals surface area contributed by atoms with Crippen molar-refractivity contribution in [1.29, 1.82) is 0 Å². The second-order valence-corrected chi connectivity index (χ2v) is 8.09. The van der Waals surface area contributed by atoms with Crippen molar-refractivity contribution in [1.82, 2.24) is 15.1 Å². The fourth-order valence-corrected chi connectivity index (χ4v) is 3.43. The molecule has 0 aromatic heterocycles. The van der Waals surface area contributed by atoms with Gasteiger partial charge in [0.15, 0.2) is 0 Å². The van der Waals surface area contributed by atoms with Crippen molar-refractivity contribution in [2.45, 2.75) is 77.0 Å². The highest BCUT2D eigenvalue weighted by atomic mass is 16.6. The van der Waals surface area contributed by atoms with Gasteiger partial charge in [-0.25, -0.2) is 4.79 Å². The Morgan fingerprint density at radius 3 is 2.54 bits per heavy atom. The maximum absolute atomic E-state index is 12.9. The molecular weight excluding hydrogens is 306 g/mol. The summed E-state index contributed by atoms with van der Waals surface area (Å²) in [5, 5.41) is 3.05. The number of hydrogen-bond donors (Lipinski definition) is 1. The van der Waals surface area contributed by atoms with E-state index in [9.17, 15) is 9.59 Å². The number of carbonyl (C=O) groups excluding carboxylic acids is 2. The molecule has 0 spiro atoms. The molecule has 138 valence electrons. The van der Waals surface area contributed by atoms with E-state index in [0.29, 0.717) is 32.0 Å². The standard InChI is InChI=1S/C18H33N3O3/c1-6-18(15(22)19-11-13-20(5)14-8-9-14)10-7-12-21(18)16(23)24-17(2,3)4/h14H,6-13H2,1-5H3,(H,19,22)/t18-/m0/s1. The van der Waals surface area contributed by atoms with Gasteiger partial charge in [-0.15, -0.1) is 0 Å². The van der Waals surface area contributed by atoms with Crippen LogP contribution in [0.2, 0.25) is 0 Å². The molecule has 1 aliphatic heterocycles. The number of carbonyl (C=O) groups is 2. The number of likely N-dealkylation sites (N-methyl/N-ethyl adjacent to an activating group) is 1. The summed E-state index contributed by atoms with van der Waals surface area (Å²) in [5.74, 6) is -0.0439. The molecule has 1 aliphatic carbocycles. The van der Waals surface area contributed by atoms with Crippen molar-refractivity contribution in [2.75, 3.05) is 26.7 Å². The van der Waals surface area contributed by atoms with Crippen LogP contribution in [0.4, 0.5) is 4.79 Å². The Hall–Kier alpha value is -1.30. The SMILES string of the molecule is CC[C@@]1(C(=O)NCCN(C)C2CC2)CCCN1C(=O)OC(C)(C)C. The Labute approximate surface area is 145 Å². The first kappa shape index (κ1) is 19.0. The van der Waals surface area contributed by atoms with E-state index in [4.69, 9.17) is 4.74 Å². The molecule has 1 N–H and O–H groups in total. The number of amides is 2. The third-order valence-electron chi connectivity index (χ3n) is 5.03. The first-order valence-corrected chi connectivity index (χ1v) is 9.19. The quantitative estimate of drug-likeness (QED) is 0.807.